The maximum Gasteiger partial charge on any atom is 0.303 e. The summed E-state index contributed by atoms with van der Waals surface area (Å²) >= 11 is 10.6. The van der Waals surface area contributed by atoms with E-state index < -0.39 is 61.2 Å². The predicted molar refractivity (Wildman–Crippen MR) is 131 cm³/mol. The second-order valence-corrected chi connectivity index (χ2v) is 10.7. The van der Waals surface area contributed by atoms with Crippen LogP contribution in [0.4, 0.5) is 0 Å². The summed E-state index contributed by atoms with van der Waals surface area (Å²) in [7, 11) is 0. The number of hydrazine groups is 1. The molecular weight excluding hydrogens is 541 g/mol. The van der Waals surface area contributed by atoms with Gasteiger partial charge in [0.1, 0.15) is 12.7 Å². The molecule has 36 heavy (non-hydrogen) atoms. The summed E-state index contributed by atoms with van der Waals surface area (Å²) in [5.41, 5.74) is 2.64. The molecular formula is C19H32N3O11PS2. The van der Waals surface area contributed by atoms with Gasteiger partial charge in [-0.15, -0.1) is 0 Å². The highest BCUT2D eigenvalue weighted by atomic mass is 32.5. The number of esters is 4. The van der Waals surface area contributed by atoms with Gasteiger partial charge in [-0.05, 0) is 37.9 Å². The van der Waals surface area contributed by atoms with Crippen LogP contribution >= 0.6 is 18.9 Å². The number of ether oxygens (including phenoxy) is 5. The molecule has 3 N–H and O–H groups in total. The van der Waals surface area contributed by atoms with Crippen LogP contribution in [0.5, 0.6) is 0 Å². The first-order valence-corrected chi connectivity index (χ1v) is 13.9. The van der Waals surface area contributed by atoms with Crippen LogP contribution in [-0.4, -0.2) is 79.5 Å². The van der Waals surface area contributed by atoms with E-state index in [0.29, 0.717) is 0 Å². The molecule has 0 bridgehead atoms. The lowest BCUT2D eigenvalue weighted by molar-refractivity contribution is -0.254. The Morgan fingerprint density at radius 1 is 0.833 bits per heavy atom. The van der Waals surface area contributed by atoms with Gasteiger partial charge >= 0.3 is 23.9 Å². The van der Waals surface area contributed by atoms with E-state index in [1.54, 1.807) is 13.8 Å². The van der Waals surface area contributed by atoms with Gasteiger partial charge in [-0.25, -0.2) is 0 Å². The van der Waals surface area contributed by atoms with E-state index in [9.17, 15) is 19.2 Å². The first-order valence-electron chi connectivity index (χ1n) is 10.8. The average molecular weight is 574 g/mol. The molecule has 0 aromatic rings. The van der Waals surface area contributed by atoms with Crippen molar-refractivity contribution in [2.75, 3.05) is 19.8 Å². The van der Waals surface area contributed by atoms with Crippen molar-refractivity contribution >= 4 is 59.7 Å². The molecule has 0 aromatic carbocycles. The number of nitrogens with one attached hydrogen (secondary N) is 3. The van der Waals surface area contributed by atoms with Gasteiger partial charge in [-0.1, -0.05) is 0 Å². The Labute approximate surface area is 219 Å². The monoisotopic (exact) mass is 573 g/mol. The first kappa shape index (κ1) is 32.1. The fraction of sp³-hybridized carbons (Fsp3) is 0.737. The highest BCUT2D eigenvalue weighted by Gasteiger charge is 2.52. The lowest BCUT2D eigenvalue weighted by Crippen LogP contribution is -2.67. The Morgan fingerprint density at radius 2 is 1.33 bits per heavy atom. The minimum atomic E-state index is -2.92. The number of rotatable bonds is 12. The van der Waals surface area contributed by atoms with E-state index >= 15 is 0 Å². The van der Waals surface area contributed by atoms with Crippen LogP contribution in [0, 0.1) is 0 Å². The van der Waals surface area contributed by atoms with E-state index in [-0.39, 0.29) is 24.9 Å². The lowest BCUT2D eigenvalue weighted by atomic mass is 9.97. The van der Waals surface area contributed by atoms with Gasteiger partial charge in [0.25, 0.3) is 6.64 Å². The molecule has 0 aromatic heterocycles. The molecule has 0 saturated carbocycles. The van der Waals surface area contributed by atoms with Gasteiger partial charge in [-0.3, -0.25) is 24.6 Å². The molecule has 0 spiro atoms. The summed E-state index contributed by atoms with van der Waals surface area (Å²) in [5.74, 6) is -2.86. The Balaban J connectivity index is 3.24. The minimum absolute atomic E-state index is 0.0791. The third-order valence-corrected chi connectivity index (χ3v) is 6.88. The van der Waals surface area contributed by atoms with Crippen molar-refractivity contribution in [1.29, 1.82) is 0 Å². The molecule has 0 amide bonds. The molecule has 1 saturated heterocycles. The topological polar surface area (TPSA) is 169 Å². The van der Waals surface area contributed by atoms with Gasteiger partial charge in [0.05, 0.1) is 13.2 Å². The maximum absolute atomic E-state index is 11.9. The Morgan fingerprint density at radius 3 is 1.81 bits per heavy atom. The summed E-state index contributed by atoms with van der Waals surface area (Å²) < 4.78 is 37.9. The molecule has 1 rings (SSSR count). The minimum Gasteiger partial charge on any atom is -0.463 e. The van der Waals surface area contributed by atoms with Gasteiger partial charge in [0, 0.05) is 27.7 Å². The van der Waals surface area contributed by atoms with Gasteiger partial charge in [0.15, 0.2) is 29.7 Å². The number of hydrogen-bond acceptors (Lipinski definition) is 13. The zero-order valence-corrected chi connectivity index (χ0v) is 23.3. The molecule has 1 aliphatic rings. The average Bonchev–Trinajstić information content (AvgIpc) is 2.74. The Kier molecular flexibility index (Phi) is 13.7. The highest BCUT2D eigenvalue weighted by molar-refractivity contribution is 8.08. The molecule has 5 atom stereocenters. The molecule has 1 aliphatic heterocycles. The number of carbonyl (C=O) groups excluding carboxylic acids is 4. The maximum atomic E-state index is 11.9. The van der Waals surface area contributed by atoms with Crippen molar-refractivity contribution in [3.63, 3.8) is 0 Å². The molecule has 206 valence electrons. The molecule has 17 heteroatoms. The van der Waals surface area contributed by atoms with E-state index in [1.807, 2.05) is 0 Å². The van der Waals surface area contributed by atoms with Crippen molar-refractivity contribution in [2.45, 2.75) is 72.2 Å². The molecule has 0 unspecified atom stereocenters. The van der Waals surface area contributed by atoms with E-state index in [0.717, 1.165) is 20.8 Å². The fourth-order valence-corrected chi connectivity index (χ4v) is 5.22. The molecule has 14 nitrogen and oxygen atoms in total. The lowest BCUT2D eigenvalue weighted by Gasteiger charge is -2.44. The van der Waals surface area contributed by atoms with Gasteiger partial charge < -0.3 is 38.0 Å². The second-order valence-electron chi connectivity index (χ2n) is 7.16. The van der Waals surface area contributed by atoms with Crippen LogP contribution in [0.3, 0.4) is 0 Å². The molecule has 1 heterocycles. The summed E-state index contributed by atoms with van der Waals surface area (Å²) in [4.78, 5) is 46.9. The van der Waals surface area contributed by atoms with Crippen LogP contribution in [0.15, 0.2) is 0 Å². The molecule has 0 radical (unpaired) electrons. The standard InChI is InChI=1S/C19H32N3O11PS2/c1-7-28-34(36,29-8-2)22-21-19(35)20-18-17(32-13(6)26)16(31-12(5)25)15(30-11(4)24)14(33-18)9-27-10(3)23/h14-18H,7-9H2,1-6H3,(H,22,36)(H2,20,21,35)/t14-,15+,16+,17-,18-/m1/s1. The highest BCUT2D eigenvalue weighted by Crippen LogP contribution is 2.42. The number of thiocarbonyl (C=S) groups is 1. The van der Waals surface area contributed by atoms with Crippen LogP contribution in [0.1, 0.15) is 41.5 Å². The van der Waals surface area contributed by atoms with Crippen LogP contribution in [0.2, 0.25) is 0 Å². The molecule has 0 aliphatic carbocycles. The van der Waals surface area contributed by atoms with E-state index in [2.05, 4.69) is 15.9 Å². The smallest absolute Gasteiger partial charge is 0.303 e. The van der Waals surface area contributed by atoms with E-state index in [4.69, 9.17) is 56.8 Å². The SMILES string of the molecule is CCOP(=S)(NNC(=S)N[C@@H]1O[C@H](COC(C)=O)[C@H](OC(C)=O)[C@H](OC(C)=O)[C@H]1OC(C)=O)OCC. The Hall–Kier alpha value is -1.94. The van der Waals surface area contributed by atoms with Crippen LogP contribution in [-0.2, 0) is 63.7 Å². The second kappa shape index (κ2) is 15.3. The van der Waals surface area contributed by atoms with Crippen molar-refractivity contribution in [1.82, 2.24) is 15.9 Å². The van der Waals surface area contributed by atoms with E-state index in [1.165, 1.54) is 6.92 Å². The summed E-state index contributed by atoms with van der Waals surface area (Å²) in [6.07, 6.45) is -6.32. The largest absolute Gasteiger partial charge is 0.463 e. The van der Waals surface area contributed by atoms with Crippen molar-refractivity contribution < 1.29 is 51.9 Å². The zero-order valence-electron chi connectivity index (χ0n) is 20.8. The summed E-state index contributed by atoms with van der Waals surface area (Å²) in [5, 5.41) is 5.41. The third kappa shape index (κ3) is 11.0. The van der Waals surface area contributed by atoms with Crippen LogP contribution < -0.4 is 15.9 Å². The van der Waals surface area contributed by atoms with Crippen molar-refractivity contribution in [3.8, 4) is 0 Å². The zero-order chi connectivity index (χ0) is 27.5. The van der Waals surface area contributed by atoms with Crippen molar-refractivity contribution in [2.24, 2.45) is 0 Å². The van der Waals surface area contributed by atoms with Crippen LogP contribution in [0.25, 0.3) is 0 Å². The predicted octanol–water partition coefficient (Wildman–Crippen LogP) is 0.336. The third-order valence-electron chi connectivity index (χ3n) is 4.17. The number of hydrogen-bond donors (Lipinski definition) is 3. The fourth-order valence-electron chi connectivity index (χ4n) is 3.07. The summed E-state index contributed by atoms with van der Waals surface area (Å²) in [6, 6.07) is 0. The first-order chi connectivity index (χ1) is 16.8. The molecule has 1 fully saturated rings. The normalized spacial score (nSPS) is 23.7. The summed E-state index contributed by atoms with van der Waals surface area (Å²) in [6.45, 7) is 5.33. The number of carbonyl (C=O) groups is 4. The Bertz CT molecular complexity index is 852. The van der Waals surface area contributed by atoms with Crippen molar-refractivity contribution in [3.05, 3.63) is 0 Å². The quantitative estimate of drug-likeness (QED) is 0.0959. The van der Waals surface area contributed by atoms with Gasteiger partial charge in [-0.2, -0.15) is 5.20 Å². The van der Waals surface area contributed by atoms with Gasteiger partial charge in [0.2, 0.25) is 0 Å².